The van der Waals surface area contributed by atoms with Crippen LogP contribution in [-0.4, -0.2) is 33.3 Å². The molecule has 1 atom stereocenters. The Bertz CT molecular complexity index is 1230. The van der Waals surface area contributed by atoms with Crippen molar-refractivity contribution in [3.63, 3.8) is 0 Å². The third kappa shape index (κ3) is 4.39. The molecular formula is C23H24N2O6S. The summed E-state index contributed by atoms with van der Waals surface area (Å²) in [7, 11) is -2.51. The fourth-order valence-electron chi connectivity index (χ4n) is 3.88. The van der Waals surface area contributed by atoms with E-state index in [2.05, 4.69) is 9.88 Å². The minimum atomic E-state index is -3.92. The van der Waals surface area contributed by atoms with E-state index in [1.54, 1.807) is 19.1 Å². The second-order valence-corrected chi connectivity index (χ2v) is 9.11. The van der Waals surface area contributed by atoms with E-state index < -0.39 is 16.0 Å². The van der Waals surface area contributed by atoms with Gasteiger partial charge in [0.05, 0.1) is 13.7 Å². The summed E-state index contributed by atoms with van der Waals surface area (Å²) in [4.78, 5) is 11.8. The normalized spacial score (nSPS) is 15.8. The summed E-state index contributed by atoms with van der Waals surface area (Å²) in [6.07, 6.45) is 2.54. The monoisotopic (exact) mass is 456 g/mol. The van der Waals surface area contributed by atoms with Gasteiger partial charge in [0.1, 0.15) is 10.6 Å². The molecule has 32 heavy (non-hydrogen) atoms. The molecule has 3 aromatic rings. The number of sulfonamides is 1. The van der Waals surface area contributed by atoms with Crippen LogP contribution in [0.4, 0.5) is 0 Å². The molecule has 1 N–H and O–H groups in total. The number of hydrogen-bond acceptors (Lipinski definition) is 7. The van der Waals surface area contributed by atoms with Crippen LogP contribution in [0.3, 0.4) is 0 Å². The van der Waals surface area contributed by atoms with Crippen LogP contribution in [0.15, 0.2) is 57.9 Å². The number of esters is 1. The van der Waals surface area contributed by atoms with Gasteiger partial charge in [-0.1, -0.05) is 29.4 Å². The number of benzene rings is 2. The minimum Gasteiger partial charge on any atom is -0.495 e. The van der Waals surface area contributed by atoms with Gasteiger partial charge in [-0.25, -0.2) is 17.9 Å². The number of rotatable bonds is 7. The van der Waals surface area contributed by atoms with Crippen LogP contribution < -0.4 is 9.46 Å². The van der Waals surface area contributed by atoms with Gasteiger partial charge in [-0.2, -0.15) is 0 Å². The van der Waals surface area contributed by atoms with Crippen LogP contribution in [0.5, 0.6) is 5.75 Å². The first-order valence-corrected chi connectivity index (χ1v) is 11.8. The van der Waals surface area contributed by atoms with Gasteiger partial charge < -0.3 is 14.0 Å². The zero-order valence-electron chi connectivity index (χ0n) is 17.8. The van der Waals surface area contributed by atoms with Gasteiger partial charge in [0.25, 0.3) is 0 Å². The van der Waals surface area contributed by atoms with Crippen LogP contribution >= 0.6 is 0 Å². The molecule has 4 rings (SSSR count). The molecular weight excluding hydrogens is 432 g/mol. The molecule has 2 aromatic carbocycles. The fraction of sp³-hybridized carbons (Fsp3) is 0.304. The molecule has 0 fully saturated rings. The third-order valence-electron chi connectivity index (χ3n) is 5.40. The lowest BCUT2D eigenvalue weighted by molar-refractivity contribution is 0.0514. The maximum atomic E-state index is 13.4. The molecule has 1 aliphatic rings. The van der Waals surface area contributed by atoms with Crippen LogP contribution in [0, 0.1) is 0 Å². The predicted octanol–water partition coefficient (Wildman–Crippen LogP) is 3.88. The average Bonchev–Trinajstić information content (AvgIpc) is 3.29. The molecule has 0 aliphatic heterocycles. The maximum Gasteiger partial charge on any atom is 0.360 e. The van der Waals surface area contributed by atoms with E-state index in [9.17, 15) is 13.2 Å². The van der Waals surface area contributed by atoms with Gasteiger partial charge in [0, 0.05) is 17.7 Å². The highest BCUT2D eigenvalue weighted by atomic mass is 32.2. The fourth-order valence-corrected chi connectivity index (χ4v) is 5.32. The third-order valence-corrected chi connectivity index (χ3v) is 6.89. The molecule has 0 radical (unpaired) electrons. The maximum absolute atomic E-state index is 13.4. The molecule has 0 saturated heterocycles. The highest BCUT2D eigenvalue weighted by Crippen LogP contribution is 2.34. The van der Waals surface area contributed by atoms with Gasteiger partial charge >= 0.3 is 5.97 Å². The van der Waals surface area contributed by atoms with Crippen LogP contribution in [0.25, 0.3) is 11.3 Å². The Kier molecular flexibility index (Phi) is 6.29. The van der Waals surface area contributed by atoms with E-state index in [1.807, 2.05) is 24.3 Å². The van der Waals surface area contributed by atoms with E-state index in [0.717, 1.165) is 24.0 Å². The SMILES string of the molecule is CCOC(=O)c1cc(-c2ccc(OC)c(S(=O)(=O)N[C@@H]3CCCc4ccccc43)c2)on1. The highest BCUT2D eigenvalue weighted by Gasteiger charge is 2.28. The Hall–Kier alpha value is -3.17. The molecule has 1 heterocycles. The van der Waals surface area contributed by atoms with Gasteiger partial charge in [-0.05, 0) is 55.5 Å². The van der Waals surface area contributed by atoms with Crippen molar-refractivity contribution in [3.8, 4) is 17.1 Å². The van der Waals surface area contributed by atoms with Crippen molar-refractivity contribution in [2.45, 2.75) is 37.1 Å². The number of aromatic nitrogens is 1. The van der Waals surface area contributed by atoms with Gasteiger partial charge in [-0.15, -0.1) is 0 Å². The van der Waals surface area contributed by atoms with Crippen molar-refractivity contribution >= 4 is 16.0 Å². The van der Waals surface area contributed by atoms with E-state index in [4.69, 9.17) is 14.0 Å². The molecule has 0 bridgehead atoms. The summed E-state index contributed by atoms with van der Waals surface area (Å²) < 4.78 is 45.0. The number of carbonyl (C=O) groups is 1. The van der Waals surface area contributed by atoms with Crippen LogP contribution in [0.2, 0.25) is 0 Å². The summed E-state index contributed by atoms with van der Waals surface area (Å²) in [6.45, 7) is 1.90. The molecule has 0 unspecified atom stereocenters. The van der Waals surface area contributed by atoms with Gasteiger partial charge in [0.2, 0.25) is 10.0 Å². The highest BCUT2D eigenvalue weighted by molar-refractivity contribution is 7.89. The Balaban J connectivity index is 1.66. The largest absolute Gasteiger partial charge is 0.495 e. The summed E-state index contributed by atoms with van der Waals surface area (Å²) in [5.74, 6) is -0.160. The lowest BCUT2D eigenvalue weighted by Gasteiger charge is -2.26. The number of carbonyl (C=O) groups excluding carboxylic acids is 1. The van der Waals surface area contributed by atoms with Crippen molar-refractivity contribution in [2.24, 2.45) is 0 Å². The Morgan fingerprint density at radius 1 is 1.22 bits per heavy atom. The lowest BCUT2D eigenvalue weighted by Crippen LogP contribution is -2.31. The number of ether oxygens (including phenoxy) is 2. The number of methoxy groups -OCH3 is 1. The quantitative estimate of drug-likeness (QED) is 0.538. The molecule has 0 saturated carbocycles. The van der Waals surface area contributed by atoms with E-state index >= 15 is 0 Å². The second kappa shape index (κ2) is 9.13. The molecule has 168 valence electrons. The zero-order chi connectivity index (χ0) is 22.7. The summed E-state index contributed by atoms with van der Waals surface area (Å²) in [5, 5.41) is 3.72. The average molecular weight is 457 g/mol. The van der Waals surface area contributed by atoms with Crippen molar-refractivity contribution in [1.82, 2.24) is 9.88 Å². The summed E-state index contributed by atoms with van der Waals surface area (Å²) in [5.41, 5.74) is 2.60. The van der Waals surface area contributed by atoms with E-state index in [0.29, 0.717) is 12.0 Å². The summed E-state index contributed by atoms with van der Waals surface area (Å²) >= 11 is 0. The zero-order valence-corrected chi connectivity index (χ0v) is 18.6. The van der Waals surface area contributed by atoms with E-state index in [1.165, 1.54) is 19.2 Å². The van der Waals surface area contributed by atoms with Crippen molar-refractivity contribution in [2.75, 3.05) is 13.7 Å². The number of hydrogen-bond donors (Lipinski definition) is 1. The van der Waals surface area contributed by atoms with Crippen molar-refractivity contribution < 1.29 is 27.2 Å². The number of nitrogens with one attached hydrogen (secondary N) is 1. The van der Waals surface area contributed by atoms with Crippen molar-refractivity contribution in [1.29, 1.82) is 0 Å². The molecule has 9 heteroatoms. The topological polar surface area (TPSA) is 108 Å². The first-order chi connectivity index (χ1) is 15.4. The molecule has 0 amide bonds. The van der Waals surface area contributed by atoms with Gasteiger partial charge in [-0.3, -0.25) is 0 Å². The smallest absolute Gasteiger partial charge is 0.360 e. The molecule has 1 aromatic heterocycles. The number of fused-ring (bicyclic) bond motifs is 1. The molecule has 8 nitrogen and oxygen atoms in total. The van der Waals surface area contributed by atoms with Gasteiger partial charge in [0.15, 0.2) is 11.5 Å². The number of nitrogens with zero attached hydrogens (tertiary/aromatic N) is 1. The second-order valence-electron chi connectivity index (χ2n) is 7.43. The molecule has 1 aliphatic carbocycles. The Morgan fingerprint density at radius 2 is 2.03 bits per heavy atom. The van der Waals surface area contributed by atoms with Crippen molar-refractivity contribution in [3.05, 3.63) is 65.4 Å². The predicted molar refractivity (Wildman–Crippen MR) is 117 cm³/mol. The Labute approximate surface area is 186 Å². The van der Waals surface area contributed by atoms with Crippen LogP contribution in [-0.2, 0) is 21.2 Å². The first-order valence-electron chi connectivity index (χ1n) is 10.4. The molecule has 0 spiro atoms. The minimum absolute atomic E-state index is 0.0130. The first kappa shape index (κ1) is 22.0. The van der Waals surface area contributed by atoms with Crippen LogP contribution in [0.1, 0.15) is 47.4 Å². The summed E-state index contributed by atoms with van der Waals surface area (Å²) in [6, 6.07) is 13.6. The standard InChI is InChI=1S/C23H24N2O6S/c1-3-30-23(26)19-14-21(31-24-19)16-11-12-20(29-2)22(13-16)32(27,28)25-18-10-6-8-15-7-4-5-9-17(15)18/h4-5,7,9,11-14,18,25H,3,6,8,10H2,1-2H3/t18-/m1/s1. The van der Waals surface area contributed by atoms with E-state index in [-0.39, 0.29) is 34.7 Å². The number of aryl methyl sites for hydroxylation is 1. The lowest BCUT2D eigenvalue weighted by atomic mass is 9.88. The Morgan fingerprint density at radius 3 is 2.81 bits per heavy atom.